The Kier molecular flexibility index (Phi) is 5.16. The molecule has 1 aliphatic rings. The molecule has 1 fully saturated rings. The SMILES string of the molecule is C=C1[C@@H](n2cnc3c(Cl)nc(N)nc32)C(=O)[C@H](OC)[C@@H]1O[Si](C)(C)C(C)(C)C. The first kappa shape index (κ1) is 20.9. The smallest absolute Gasteiger partial charge is 0.223 e. The Hall–Kier alpha value is -1.81. The fraction of sp³-hybridized carbons (Fsp3) is 0.556. The van der Waals surface area contributed by atoms with E-state index in [0.29, 0.717) is 16.7 Å². The largest absolute Gasteiger partial charge is 0.407 e. The number of hydrogen-bond donors (Lipinski definition) is 1. The van der Waals surface area contributed by atoms with Crippen LogP contribution in [-0.2, 0) is 14.0 Å². The van der Waals surface area contributed by atoms with Crippen molar-refractivity contribution in [3.8, 4) is 0 Å². The molecule has 2 N–H and O–H groups in total. The molecule has 0 aromatic carbocycles. The van der Waals surface area contributed by atoms with Crippen molar-refractivity contribution >= 4 is 42.8 Å². The van der Waals surface area contributed by atoms with Gasteiger partial charge in [0.25, 0.3) is 0 Å². The number of carbonyl (C=O) groups is 1. The van der Waals surface area contributed by atoms with Crippen LogP contribution in [0.25, 0.3) is 11.2 Å². The lowest BCUT2D eigenvalue weighted by atomic mass is 10.1. The van der Waals surface area contributed by atoms with Gasteiger partial charge in [0.15, 0.2) is 24.9 Å². The van der Waals surface area contributed by atoms with Crippen molar-refractivity contribution in [2.45, 2.75) is 57.2 Å². The number of nitrogens with two attached hydrogens (primary N) is 1. The molecule has 0 bridgehead atoms. The second kappa shape index (κ2) is 6.91. The number of aromatic nitrogens is 4. The molecular weight excluding hydrogens is 398 g/mol. The van der Waals surface area contributed by atoms with Crippen LogP contribution in [0.4, 0.5) is 5.95 Å². The summed E-state index contributed by atoms with van der Waals surface area (Å²) < 4.78 is 13.7. The van der Waals surface area contributed by atoms with E-state index >= 15 is 0 Å². The van der Waals surface area contributed by atoms with Gasteiger partial charge in [-0.15, -0.1) is 0 Å². The summed E-state index contributed by atoms with van der Waals surface area (Å²) in [4.78, 5) is 25.6. The van der Waals surface area contributed by atoms with E-state index in [-0.39, 0.29) is 21.9 Å². The fourth-order valence-corrected chi connectivity index (χ4v) is 4.59. The van der Waals surface area contributed by atoms with Crippen LogP contribution in [0.15, 0.2) is 18.5 Å². The highest BCUT2D eigenvalue weighted by molar-refractivity contribution is 6.74. The summed E-state index contributed by atoms with van der Waals surface area (Å²) in [5.41, 5.74) is 7.09. The first-order chi connectivity index (χ1) is 12.9. The monoisotopic (exact) mass is 423 g/mol. The number of halogens is 1. The topological polar surface area (TPSA) is 105 Å². The Bertz CT molecular complexity index is 953. The molecule has 0 spiro atoms. The van der Waals surface area contributed by atoms with E-state index < -0.39 is 26.6 Å². The highest BCUT2D eigenvalue weighted by Gasteiger charge is 2.51. The molecule has 28 heavy (non-hydrogen) atoms. The maximum Gasteiger partial charge on any atom is 0.223 e. The molecule has 1 aliphatic carbocycles. The van der Waals surface area contributed by atoms with E-state index in [1.807, 2.05) is 0 Å². The fourth-order valence-electron chi connectivity index (χ4n) is 3.11. The van der Waals surface area contributed by atoms with Gasteiger partial charge in [0.1, 0.15) is 23.8 Å². The van der Waals surface area contributed by atoms with E-state index in [1.54, 1.807) is 4.57 Å². The number of hydrogen-bond acceptors (Lipinski definition) is 7. The molecule has 152 valence electrons. The van der Waals surface area contributed by atoms with Crippen molar-refractivity contribution in [1.29, 1.82) is 0 Å². The van der Waals surface area contributed by atoms with E-state index in [9.17, 15) is 4.79 Å². The van der Waals surface area contributed by atoms with Gasteiger partial charge in [-0.3, -0.25) is 4.79 Å². The number of nitrogen functional groups attached to an aromatic ring is 1. The van der Waals surface area contributed by atoms with Gasteiger partial charge < -0.3 is 19.5 Å². The van der Waals surface area contributed by atoms with Crippen molar-refractivity contribution in [2.24, 2.45) is 0 Å². The zero-order valence-electron chi connectivity index (χ0n) is 17.0. The molecular formula is C18H26ClN5O3Si. The zero-order chi connectivity index (χ0) is 21.0. The van der Waals surface area contributed by atoms with Crippen molar-refractivity contribution in [3.05, 3.63) is 23.6 Å². The molecule has 0 saturated heterocycles. The average molecular weight is 424 g/mol. The first-order valence-electron chi connectivity index (χ1n) is 8.97. The van der Waals surface area contributed by atoms with E-state index in [1.165, 1.54) is 13.4 Å². The van der Waals surface area contributed by atoms with E-state index in [4.69, 9.17) is 26.5 Å². The summed E-state index contributed by atoms with van der Waals surface area (Å²) in [7, 11) is -0.667. The minimum Gasteiger partial charge on any atom is -0.407 e. The number of Topliss-reactive ketones (excluding diaryl/α,β-unsaturated/α-hetero) is 1. The molecule has 10 heteroatoms. The maximum atomic E-state index is 13.2. The van der Waals surface area contributed by atoms with Crippen molar-refractivity contribution in [3.63, 3.8) is 0 Å². The zero-order valence-corrected chi connectivity index (χ0v) is 18.7. The minimum absolute atomic E-state index is 0.00710. The first-order valence-corrected chi connectivity index (χ1v) is 12.3. The Morgan fingerprint density at radius 3 is 2.50 bits per heavy atom. The predicted molar refractivity (Wildman–Crippen MR) is 111 cm³/mol. The van der Waals surface area contributed by atoms with Crippen LogP contribution in [-0.4, -0.2) is 52.9 Å². The summed E-state index contributed by atoms with van der Waals surface area (Å²) >= 11 is 6.12. The number of rotatable bonds is 4. The van der Waals surface area contributed by atoms with Crippen molar-refractivity contribution in [1.82, 2.24) is 19.5 Å². The lowest BCUT2D eigenvalue weighted by Crippen LogP contribution is -2.47. The number of imidazole rings is 1. The number of carbonyl (C=O) groups excluding carboxylic acids is 1. The van der Waals surface area contributed by atoms with Gasteiger partial charge in [-0.1, -0.05) is 39.0 Å². The van der Waals surface area contributed by atoms with E-state index in [0.717, 1.165) is 0 Å². The molecule has 0 aliphatic heterocycles. The number of nitrogens with zero attached hydrogens (tertiary/aromatic N) is 4. The normalized spacial score (nSPS) is 23.8. The second-order valence-electron chi connectivity index (χ2n) is 8.53. The van der Waals surface area contributed by atoms with Crippen LogP contribution in [0, 0.1) is 0 Å². The molecule has 3 rings (SSSR count). The summed E-state index contributed by atoms with van der Waals surface area (Å²) in [6.07, 6.45) is 0.203. The molecule has 2 heterocycles. The molecule has 8 nitrogen and oxygen atoms in total. The third-order valence-corrected chi connectivity index (χ3v) is 10.4. The predicted octanol–water partition coefficient (Wildman–Crippen LogP) is 3.15. The van der Waals surface area contributed by atoms with Crippen LogP contribution in [0.5, 0.6) is 0 Å². The Balaban J connectivity index is 2.05. The van der Waals surface area contributed by atoms with Crippen LogP contribution < -0.4 is 5.73 Å². The summed E-state index contributed by atoms with van der Waals surface area (Å²) in [6.45, 7) is 14.9. The number of fused-ring (bicyclic) bond motifs is 1. The number of ketones is 1. The third kappa shape index (κ3) is 3.26. The highest BCUT2D eigenvalue weighted by Crippen LogP contribution is 2.43. The highest BCUT2D eigenvalue weighted by atomic mass is 35.5. The van der Waals surface area contributed by atoms with E-state index in [2.05, 4.69) is 55.4 Å². The van der Waals surface area contributed by atoms with Crippen LogP contribution in [0.3, 0.4) is 0 Å². The van der Waals surface area contributed by atoms with Gasteiger partial charge in [-0.2, -0.15) is 9.97 Å². The lowest BCUT2D eigenvalue weighted by Gasteiger charge is -2.39. The standard InChI is InChI=1S/C18H26ClN5O3Si/c1-9-11(24-8-21-10-15(19)22-17(20)23-16(10)24)12(25)14(26-5)13(9)27-28(6,7)18(2,3)4/h8,11,13-14H,1H2,2-7H3,(H2,20,22,23)/t11-,13-,14+/m1/s1. The maximum absolute atomic E-state index is 13.2. The third-order valence-electron chi connectivity index (χ3n) is 5.70. The molecule has 3 atom stereocenters. The van der Waals surface area contributed by atoms with Crippen LogP contribution in [0.2, 0.25) is 23.3 Å². The van der Waals surface area contributed by atoms with Crippen LogP contribution >= 0.6 is 11.6 Å². The van der Waals surface area contributed by atoms with Gasteiger partial charge >= 0.3 is 0 Å². The average Bonchev–Trinajstić information content (AvgIpc) is 3.06. The molecule has 0 unspecified atom stereocenters. The minimum atomic E-state index is -2.17. The molecule has 0 radical (unpaired) electrons. The molecule has 1 saturated carbocycles. The number of methoxy groups -OCH3 is 1. The second-order valence-corrected chi connectivity index (χ2v) is 13.6. The van der Waals surface area contributed by atoms with Crippen molar-refractivity contribution in [2.75, 3.05) is 12.8 Å². The Morgan fingerprint density at radius 1 is 1.29 bits per heavy atom. The molecule has 0 amide bonds. The molecule has 2 aromatic heterocycles. The van der Waals surface area contributed by atoms with Gasteiger partial charge in [-0.25, -0.2) is 4.98 Å². The quantitative estimate of drug-likeness (QED) is 0.457. The van der Waals surface area contributed by atoms with Gasteiger partial charge in [0.05, 0.1) is 6.33 Å². The van der Waals surface area contributed by atoms with Gasteiger partial charge in [0.2, 0.25) is 5.95 Å². The van der Waals surface area contributed by atoms with Crippen LogP contribution in [0.1, 0.15) is 26.8 Å². The lowest BCUT2D eigenvalue weighted by molar-refractivity contribution is -0.130. The van der Waals surface area contributed by atoms with Gasteiger partial charge in [-0.05, 0) is 23.7 Å². The summed E-state index contributed by atoms with van der Waals surface area (Å²) in [5, 5.41) is 0.110. The van der Waals surface area contributed by atoms with Gasteiger partial charge in [0, 0.05) is 7.11 Å². The Labute approximate surface area is 170 Å². The Morgan fingerprint density at radius 2 is 1.93 bits per heavy atom. The summed E-state index contributed by atoms with van der Waals surface area (Å²) in [5.74, 6) is -0.156. The molecule has 2 aromatic rings. The number of ether oxygens (including phenoxy) is 1. The van der Waals surface area contributed by atoms with Crippen molar-refractivity contribution < 1.29 is 14.0 Å². The number of anilines is 1. The summed E-state index contributed by atoms with van der Waals surface area (Å²) in [6, 6.07) is -0.727.